The lowest BCUT2D eigenvalue weighted by molar-refractivity contribution is -0.136. The van der Waals surface area contributed by atoms with Gasteiger partial charge in [-0.1, -0.05) is 84.9 Å². The second-order valence-electron chi connectivity index (χ2n) is 10.2. The van der Waals surface area contributed by atoms with Crippen LogP contribution in [0, 0.1) is 0 Å². The third-order valence-electron chi connectivity index (χ3n) is 7.21. The van der Waals surface area contributed by atoms with Crippen molar-refractivity contribution in [3.8, 4) is 5.75 Å². The lowest BCUT2D eigenvalue weighted by atomic mass is 9.95. The quantitative estimate of drug-likeness (QED) is 0.0705. The third-order valence-corrected chi connectivity index (χ3v) is 7.76. The van der Waals surface area contributed by atoms with E-state index in [0.29, 0.717) is 16.0 Å². The first-order valence-electron chi connectivity index (χ1n) is 14.0. The van der Waals surface area contributed by atoms with Crippen LogP contribution in [0.25, 0.3) is 10.8 Å². The molecule has 224 valence electrons. The van der Waals surface area contributed by atoms with E-state index in [2.05, 4.69) is 21.2 Å². The molecule has 1 aliphatic carbocycles. The lowest BCUT2D eigenvalue weighted by Gasteiger charge is -2.23. The van der Waals surface area contributed by atoms with Crippen LogP contribution in [0.1, 0.15) is 58.4 Å². The second-order valence-corrected chi connectivity index (χ2v) is 11.1. The molecule has 0 bridgehead atoms. The largest absolute Gasteiger partial charge is 0.422 e. The molecular formula is C33H28Cl2N4O5. The molecule has 0 heterocycles. The molecule has 4 aromatic rings. The number of hydrogen-bond acceptors (Lipinski definition) is 6. The Balaban J connectivity index is 1.29. The number of anilines is 1. The molecule has 0 spiro atoms. The zero-order chi connectivity index (χ0) is 31.1. The summed E-state index contributed by atoms with van der Waals surface area (Å²) in [6, 6.07) is 21.7. The first kappa shape index (κ1) is 30.7. The molecule has 0 aliphatic heterocycles. The second kappa shape index (κ2) is 14.2. The maximum absolute atomic E-state index is 12.9. The number of carbonyl (C=O) groups is 4. The maximum Gasteiger partial charge on any atom is 0.345 e. The molecule has 1 aliphatic rings. The number of esters is 1. The van der Waals surface area contributed by atoms with Crippen LogP contribution in [-0.4, -0.2) is 35.9 Å². The van der Waals surface area contributed by atoms with E-state index in [0.717, 1.165) is 37.5 Å². The fourth-order valence-corrected chi connectivity index (χ4v) is 5.48. The van der Waals surface area contributed by atoms with Crippen molar-refractivity contribution < 1.29 is 23.9 Å². The van der Waals surface area contributed by atoms with E-state index in [-0.39, 0.29) is 39.5 Å². The minimum Gasteiger partial charge on any atom is -0.422 e. The van der Waals surface area contributed by atoms with E-state index in [1.54, 1.807) is 48.5 Å². The Bertz CT molecular complexity index is 1770. The highest BCUT2D eigenvalue weighted by Crippen LogP contribution is 2.29. The summed E-state index contributed by atoms with van der Waals surface area (Å²) in [6.07, 6.45) is 6.38. The summed E-state index contributed by atoms with van der Waals surface area (Å²) >= 11 is 12.1. The number of amides is 3. The van der Waals surface area contributed by atoms with Gasteiger partial charge in [0.2, 0.25) is 0 Å². The van der Waals surface area contributed by atoms with Crippen LogP contribution >= 0.6 is 23.2 Å². The normalized spacial score (nSPS) is 13.4. The van der Waals surface area contributed by atoms with Crippen LogP contribution in [0.4, 0.5) is 5.69 Å². The number of hydrogen-bond donors (Lipinski definition) is 3. The Hall–Kier alpha value is -4.73. The average Bonchev–Trinajstić information content (AvgIpc) is 3.02. The summed E-state index contributed by atoms with van der Waals surface area (Å²) in [7, 11) is 0. The van der Waals surface area contributed by atoms with Gasteiger partial charge in [-0.15, -0.1) is 0 Å². The summed E-state index contributed by atoms with van der Waals surface area (Å²) in [4.78, 5) is 51.2. The van der Waals surface area contributed by atoms with Crippen molar-refractivity contribution in [3.05, 3.63) is 106 Å². The SMILES string of the molecule is O=C(NN=Cc1c(OC(=O)c2ccc(Cl)cc2Cl)ccc2ccccc12)C(=O)Nc1ccccc1C(=O)NC1CCCCC1. The van der Waals surface area contributed by atoms with E-state index >= 15 is 0 Å². The fraction of sp³-hybridized carbons (Fsp3) is 0.182. The molecule has 0 aromatic heterocycles. The average molecular weight is 632 g/mol. The summed E-state index contributed by atoms with van der Waals surface area (Å²) < 4.78 is 5.65. The van der Waals surface area contributed by atoms with Gasteiger partial charge in [-0.25, -0.2) is 10.2 Å². The van der Waals surface area contributed by atoms with Gasteiger partial charge in [-0.05, 0) is 60.0 Å². The van der Waals surface area contributed by atoms with Gasteiger partial charge in [-0.3, -0.25) is 14.4 Å². The summed E-state index contributed by atoms with van der Waals surface area (Å²) in [5, 5.41) is 11.5. The number of para-hydroxylation sites is 1. The fourth-order valence-electron chi connectivity index (χ4n) is 4.99. The Kier molecular flexibility index (Phi) is 9.89. The van der Waals surface area contributed by atoms with Gasteiger partial charge in [0.1, 0.15) is 5.75 Å². The molecule has 0 unspecified atom stereocenters. The Labute approximate surface area is 263 Å². The molecule has 1 fully saturated rings. The number of rotatable bonds is 7. The molecule has 9 nitrogen and oxygen atoms in total. The lowest BCUT2D eigenvalue weighted by Crippen LogP contribution is -2.37. The molecule has 0 radical (unpaired) electrons. The number of fused-ring (bicyclic) bond motifs is 1. The molecule has 44 heavy (non-hydrogen) atoms. The van der Waals surface area contributed by atoms with Gasteiger partial charge in [0, 0.05) is 16.6 Å². The number of ether oxygens (including phenoxy) is 1. The van der Waals surface area contributed by atoms with E-state index in [1.807, 2.05) is 12.1 Å². The third kappa shape index (κ3) is 7.42. The van der Waals surface area contributed by atoms with E-state index in [9.17, 15) is 19.2 Å². The zero-order valence-electron chi connectivity index (χ0n) is 23.4. The van der Waals surface area contributed by atoms with Crippen molar-refractivity contribution in [2.75, 3.05) is 5.32 Å². The van der Waals surface area contributed by atoms with E-state index in [4.69, 9.17) is 27.9 Å². The maximum atomic E-state index is 12.9. The highest BCUT2D eigenvalue weighted by Gasteiger charge is 2.21. The molecule has 0 atom stereocenters. The highest BCUT2D eigenvalue weighted by atomic mass is 35.5. The van der Waals surface area contributed by atoms with Crippen LogP contribution in [0.3, 0.4) is 0 Å². The molecule has 5 rings (SSSR count). The van der Waals surface area contributed by atoms with Gasteiger partial charge in [0.15, 0.2) is 0 Å². The van der Waals surface area contributed by atoms with Gasteiger partial charge in [0.25, 0.3) is 5.91 Å². The Morgan fingerprint density at radius 3 is 2.36 bits per heavy atom. The molecule has 1 saturated carbocycles. The molecular weight excluding hydrogens is 603 g/mol. The van der Waals surface area contributed by atoms with E-state index < -0.39 is 17.8 Å². The first-order chi connectivity index (χ1) is 21.3. The number of carbonyl (C=O) groups excluding carboxylic acids is 4. The zero-order valence-corrected chi connectivity index (χ0v) is 25.0. The van der Waals surface area contributed by atoms with Crippen molar-refractivity contribution in [1.82, 2.24) is 10.7 Å². The topological polar surface area (TPSA) is 126 Å². The van der Waals surface area contributed by atoms with Crippen molar-refractivity contribution in [2.24, 2.45) is 5.10 Å². The minimum atomic E-state index is -1.06. The molecule has 4 aromatic carbocycles. The molecule has 11 heteroatoms. The monoisotopic (exact) mass is 630 g/mol. The van der Waals surface area contributed by atoms with E-state index in [1.165, 1.54) is 24.4 Å². The molecule has 3 amide bonds. The van der Waals surface area contributed by atoms with Crippen LogP contribution in [-0.2, 0) is 9.59 Å². The molecule has 0 saturated heterocycles. The predicted octanol–water partition coefficient (Wildman–Crippen LogP) is 6.52. The van der Waals surface area contributed by atoms with Crippen LogP contribution in [0.5, 0.6) is 5.75 Å². The van der Waals surface area contributed by atoms with Crippen LogP contribution < -0.4 is 20.8 Å². The summed E-state index contributed by atoms with van der Waals surface area (Å²) in [6.45, 7) is 0. The Morgan fingerprint density at radius 2 is 1.57 bits per heavy atom. The summed E-state index contributed by atoms with van der Waals surface area (Å²) in [5.74, 6) is -2.95. The molecule has 3 N–H and O–H groups in total. The highest BCUT2D eigenvalue weighted by molar-refractivity contribution is 6.40. The van der Waals surface area contributed by atoms with Crippen LogP contribution in [0.2, 0.25) is 10.0 Å². The van der Waals surface area contributed by atoms with Crippen molar-refractivity contribution in [1.29, 1.82) is 0 Å². The minimum absolute atomic E-state index is 0.0825. The first-order valence-corrected chi connectivity index (χ1v) is 14.8. The van der Waals surface area contributed by atoms with Crippen molar-refractivity contribution >= 4 is 69.6 Å². The van der Waals surface area contributed by atoms with Gasteiger partial charge in [0.05, 0.1) is 28.1 Å². The Morgan fingerprint density at radius 1 is 0.818 bits per heavy atom. The number of nitrogens with zero attached hydrogens (tertiary/aromatic N) is 1. The summed E-state index contributed by atoms with van der Waals surface area (Å²) in [5.41, 5.74) is 3.15. The predicted molar refractivity (Wildman–Crippen MR) is 171 cm³/mol. The number of benzene rings is 4. The van der Waals surface area contributed by atoms with Gasteiger partial charge >= 0.3 is 17.8 Å². The standard InChI is InChI=1S/C33H28Cl2N4O5/c34-21-15-16-24(27(35)18-21)33(43)44-29-17-14-20-8-4-5-11-23(20)26(29)19-36-39-32(42)31(41)38-28-13-7-6-12-25(28)30(40)37-22-9-2-1-3-10-22/h4-8,11-19,22H,1-3,9-10H2,(H,37,40)(H,38,41)(H,39,42). The number of nitrogens with one attached hydrogen (secondary N) is 3. The number of halogens is 2. The van der Waals surface area contributed by atoms with Crippen molar-refractivity contribution in [3.63, 3.8) is 0 Å². The smallest absolute Gasteiger partial charge is 0.345 e. The number of hydrazone groups is 1. The van der Waals surface area contributed by atoms with Crippen LogP contribution in [0.15, 0.2) is 84.0 Å². The van der Waals surface area contributed by atoms with Crippen molar-refractivity contribution in [2.45, 2.75) is 38.1 Å². The van der Waals surface area contributed by atoms with Gasteiger partial charge in [-0.2, -0.15) is 5.10 Å². The van der Waals surface area contributed by atoms with Gasteiger partial charge < -0.3 is 15.4 Å².